The van der Waals surface area contributed by atoms with E-state index in [0.717, 1.165) is 0 Å². The summed E-state index contributed by atoms with van der Waals surface area (Å²) in [5.41, 5.74) is 4.47. The molecule has 2 heteroatoms. The highest BCUT2D eigenvalue weighted by molar-refractivity contribution is 5.70. The van der Waals surface area contributed by atoms with E-state index in [4.69, 9.17) is 0 Å². The van der Waals surface area contributed by atoms with Crippen LogP contribution in [0.1, 0.15) is 72.1 Å². The first-order chi connectivity index (χ1) is 6.65. The van der Waals surface area contributed by atoms with Gasteiger partial charge < -0.3 is 5.73 Å². The van der Waals surface area contributed by atoms with E-state index in [1.807, 2.05) is 0 Å². The van der Waals surface area contributed by atoms with Gasteiger partial charge >= 0.3 is 0 Å². The van der Waals surface area contributed by atoms with Gasteiger partial charge in [0.25, 0.3) is 0 Å². The SMILES string of the molecule is CC(N)=O.CCCCCCCCCC. The molecule has 0 heterocycles. The van der Waals surface area contributed by atoms with Crippen LogP contribution in [0.3, 0.4) is 0 Å². The Bertz CT molecular complexity index is 101. The lowest BCUT2D eigenvalue weighted by atomic mass is 10.1. The van der Waals surface area contributed by atoms with Crippen LogP contribution in [0.2, 0.25) is 0 Å². The quantitative estimate of drug-likeness (QED) is 0.628. The third-order valence-corrected chi connectivity index (χ3v) is 1.96. The highest BCUT2D eigenvalue weighted by Crippen LogP contribution is 2.07. The summed E-state index contributed by atoms with van der Waals surface area (Å²) in [4.78, 5) is 9.22. The molecule has 0 aliphatic heterocycles. The number of rotatable bonds is 7. The van der Waals surface area contributed by atoms with Crippen LogP contribution in [0.15, 0.2) is 0 Å². The second-order valence-corrected chi connectivity index (χ2v) is 3.73. The molecule has 0 saturated carbocycles. The molecule has 14 heavy (non-hydrogen) atoms. The first-order valence-corrected chi connectivity index (χ1v) is 5.91. The Morgan fingerprint density at radius 2 is 1.07 bits per heavy atom. The molecule has 86 valence electrons. The Labute approximate surface area is 89.3 Å². The van der Waals surface area contributed by atoms with E-state index in [1.54, 1.807) is 0 Å². The van der Waals surface area contributed by atoms with Gasteiger partial charge in [-0.2, -0.15) is 0 Å². The fourth-order valence-electron chi connectivity index (χ4n) is 1.21. The molecule has 0 unspecified atom stereocenters. The number of hydrogen-bond acceptors (Lipinski definition) is 1. The van der Waals surface area contributed by atoms with Crippen molar-refractivity contribution in [3.05, 3.63) is 0 Å². The van der Waals surface area contributed by atoms with E-state index >= 15 is 0 Å². The summed E-state index contributed by atoms with van der Waals surface area (Å²) < 4.78 is 0. The van der Waals surface area contributed by atoms with Gasteiger partial charge in [-0.3, -0.25) is 4.79 Å². The van der Waals surface area contributed by atoms with E-state index in [9.17, 15) is 4.79 Å². The molecule has 0 aliphatic rings. The van der Waals surface area contributed by atoms with Gasteiger partial charge in [0.05, 0.1) is 0 Å². The average molecular weight is 201 g/mol. The van der Waals surface area contributed by atoms with Gasteiger partial charge in [0.2, 0.25) is 5.91 Å². The first kappa shape index (κ1) is 15.9. The Kier molecular flexibility index (Phi) is 17.0. The van der Waals surface area contributed by atoms with E-state index in [1.165, 1.54) is 58.3 Å². The van der Waals surface area contributed by atoms with E-state index < -0.39 is 0 Å². The van der Waals surface area contributed by atoms with Gasteiger partial charge in [-0.25, -0.2) is 0 Å². The maximum atomic E-state index is 9.22. The number of unbranched alkanes of at least 4 members (excludes halogenated alkanes) is 7. The van der Waals surface area contributed by atoms with Crippen molar-refractivity contribution in [3.63, 3.8) is 0 Å². The fourth-order valence-corrected chi connectivity index (χ4v) is 1.21. The molecule has 0 aromatic rings. The molecule has 0 spiro atoms. The number of carbonyl (C=O) groups excluding carboxylic acids is 1. The van der Waals surface area contributed by atoms with Gasteiger partial charge in [0.15, 0.2) is 0 Å². The van der Waals surface area contributed by atoms with Crippen LogP contribution >= 0.6 is 0 Å². The molecule has 0 atom stereocenters. The molecule has 0 aromatic carbocycles. The van der Waals surface area contributed by atoms with Crippen molar-refractivity contribution in [3.8, 4) is 0 Å². The zero-order valence-electron chi connectivity index (χ0n) is 10.1. The zero-order chi connectivity index (χ0) is 11.2. The summed E-state index contributed by atoms with van der Waals surface area (Å²) in [6.45, 7) is 5.85. The van der Waals surface area contributed by atoms with Crippen LogP contribution in [0, 0.1) is 0 Å². The maximum absolute atomic E-state index is 9.22. The van der Waals surface area contributed by atoms with Crippen LogP contribution in [0.25, 0.3) is 0 Å². The smallest absolute Gasteiger partial charge is 0.214 e. The Hall–Kier alpha value is -0.530. The number of nitrogens with two attached hydrogens (primary N) is 1. The molecule has 2 N–H and O–H groups in total. The normalized spacial score (nSPS) is 9.07. The molecular weight excluding hydrogens is 174 g/mol. The zero-order valence-corrected chi connectivity index (χ0v) is 10.1. The highest BCUT2D eigenvalue weighted by Gasteiger charge is 1.87. The Morgan fingerprint density at radius 3 is 1.29 bits per heavy atom. The van der Waals surface area contributed by atoms with Crippen LogP contribution < -0.4 is 5.73 Å². The van der Waals surface area contributed by atoms with Crippen molar-refractivity contribution in [1.29, 1.82) is 0 Å². The number of primary amides is 1. The van der Waals surface area contributed by atoms with E-state index in [2.05, 4.69) is 19.6 Å². The highest BCUT2D eigenvalue weighted by atomic mass is 16.1. The lowest BCUT2D eigenvalue weighted by molar-refractivity contribution is -0.115. The van der Waals surface area contributed by atoms with E-state index in [-0.39, 0.29) is 5.91 Å². The molecule has 0 aliphatic carbocycles. The molecule has 0 aromatic heterocycles. The minimum atomic E-state index is -0.333. The number of carbonyl (C=O) groups is 1. The van der Waals surface area contributed by atoms with Gasteiger partial charge in [0.1, 0.15) is 0 Å². The third-order valence-electron chi connectivity index (χ3n) is 1.96. The number of hydrogen-bond donors (Lipinski definition) is 1. The van der Waals surface area contributed by atoms with Crippen molar-refractivity contribution in [1.82, 2.24) is 0 Å². The summed E-state index contributed by atoms with van der Waals surface area (Å²) in [5.74, 6) is -0.333. The second kappa shape index (κ2) is 15.0. The lowest BCUT2D eigenvalue weighted by Gasteiger charge is -1.97. The maximum Gasteiger partial charge on any atom is 0.214 e. The monoisotopic (exact) mass is 201 g/mol. The van der Waals surface area contributed by atoms with Crippen molar-refractivity contribution in [2.45, 2.75) is 72.1 Å². The van der Waals surface area contributed by atoms with Gasteiger partial charge in [-0.1, -0.05) is 65.2 Å². The summed E-state index contributed by atoms with van der Waals surface area (Å²) in [6, 6.07) is 0. The van der Waals surface area contributed by atoms with Gasteiger partial charge in [0, 0.05) is 6.92 Å². The summed E-state index contributed by atoms with van der Waals surface area (Å²) in [7, 11) is 0. The Morgan fingerprint density at radius 1 is 0.857 bits per heavy atom. The predicted octanol–water partition coefficient (Wildman–Crippen LogP) is 3.64. The van der Waals surface area contributed by atoms with Crippen molar-refractivity contribution in [2.75, 3.05) is 0 Å². The third kappa shape index (κ3) is 30.0. The average Bonchev–Trinajstić information content (AvgIpc) is 2.10. The molecule has 0 fully saturated rings. The van der Waals surface area contributed by atoms with Crippen LogP contribution in [-0.4, -0.2) is 5.91 Å². The molecule has 0 radical (unpaired) electrons. The molecule has 0 bridgehead atoms. The molecule has 0 saturated heterocycles. The summed E-state index contributed by atoms with van der Waals surface area (Å²) in [5, 5.41) is 0. The van der Waals surface area contributed by atoms with Gasteiger partial charge in [-0.05, 0) is 0 Å². The predicted molar refractivity (Wildman–Crippen MR) is 63.2 cm³/mol. The largest absolute Gasteiger partial charge is 0.370 e. The minimum absolute atomic E-state index is 0.333. The summed E-state index contributed by atoms with van der Waals surface area (Å²) >= 11 is 0. The molecule has 0 rings (SSSR count). The lowest BCUT2D eigenvalue weighted by Crippen LogP contribution is -2.01. The molecular formula is C12H27NO. The van der Waals surface area contributed by atoms with Gasteiger partial charge in [-0.15, -0.1) is 0 Å². The first-order valence-electron chi connectivity index (χ1n) is 5.91. The standard InChI is InChI=1S/C10H22.C2H5NO/c1-3-5-7-9-10-8-6-4-2;1-2(3)4/h3-10H2,1-2H3;1H3,(H2,3,4). The Balaban J connectivity index is 0. The van der Waals surface area contributed by atoms with Crippen LogP contribution in [-0.2, 0) is 4.79 Å². The fraction of sp³-hybridized carbons (Fsp3) is 0.917. The van der Waals surface area contributed by atoms with Crippen LogP contribution in [0.5, 0.6) is 0 Å². The topological polar surface area (TPSA) is 43.1 Å². The molecule has 1 amide bonds. The van der Waals surface area contributed by atoms with Crippen LogP contribution in [0.4, 0.5) is 0 Å². The van der Waals surface area contributed by atoms with Crippen molar-refractivity contribution in [2.24, 2.45) is 5.73 Å². The second-order valence-electron chi connectivity index (χ2n) is 3.73. The molecule has 2 nitrogen and oxygen atoms in total. The minimum Gasteiger partial charge on any atom is -0.370 e. The number of amides is 1. The van der Waals surface area contributed by atoms with E-state index in [0.29, 0.717) is 0 Å². The van der Waals surface area contributed by atoms with Crippen molar-refractivity contribution >= 4 is 5.91 Å². The van der Waals surface area contributed by atoms with Crippen molar-refractivity contribution < 1.29 is 4.79 Å². The summed E-state index contributed by atoms with van der Waals surface area (Å²) in [6.07, 6.45) is 11.5.